The van der Waals surface area contributed by atoms with Crippen LogP contribution in [-0.4, -0.2) is 16.1 Å². The third-order valence-electron chi connectivity index (χ3n) is 3.21. The molecule has 3 aromatic rings. The van der Waals surface area contributed by atoms with Gasteiger partial charge in [0.1, 0.15) is 0 Å². The van der Waals surface area contributed by atoms with Crippen molar-refractivity contribution in [1.82, 2.24) is 10.2 Å². The molecule has 0 bridgehead atoms. The maximum Gasteiger partial charge on any atom is 0.416 e. The van der Waals surface area contributed by atoms with E-state index in [0.717, 1.165) is 18.2 Å². The van der Waals surface area contributed by atoms with Crippen molar-refractivity contribution in [2.24, 2.45) is 0 Å². The van der Waals surface area contributed by atoms with Gasteiger partial charge < -0.3 is 15.1 Å². The highest BCUT2D eigenvalue weighted by atomic mass is 35.5. The zero-order chi connectivity index (χ0) is 18.7. The number of furan rings is 1. The molecule has 2 N–H and O–H groups in total. The fraction of sp³-hybridized carbons (Fsp3) is 0.0625. The van der Waals surface area contributed by atoms with Crippen LogP contribution in [0.5, 0.6) is 0 Å². The fourth-order valence-electron chi connectivity index (χ4n) is 1.99. The van der Waals surface area contributed by atoms with Gasteiger partial charge in [-0.25, -0.2) is 0 Å². The molecular formula is C16H10ClF3N4O2. The number of nitrogens with one attached hydrogen (secondary N) is 2. The number of hydrogen-bond donors (Lipinski definition) is 2. The van der Waals surface area contributed by atoms with Crippen LogP contribution in [0.3, 0.4) is 0 Å². The van der Waals surface area contributed by atoms with E-state index < -0.39 is 17.6 Å². The lowest BCUT2D eigenvalue weighted by Gasteiger charge is -2.12. The van der Waals surface area contributed by atoms with Crippen molar-refractivity contribution in [1.29, 1.82) is 0 Å². The molecule has 0 spiro atoms. The molecule has 2 heterocycles. The quantitative estimate of drug-likeness (QED) is 0.681. The van der Waals surface area contributed by atoms with Crippen LogP contribution >= 0.6 is 11.6 Å². The molecule has 10 heteroatoms. The second-order valence-corrected chi connectivity index (χ2v) is 5.46. The van der Waals surface area contributed by atoms with E-state index in [1.165, 1.54) is 24.5 Å². The van der Waals surface area contributed by atoms with Crippen LogP contribution in [0.4, 0.5) is 30.5 Å². The summed E-state index contributed by atoms with van der Waals surface area (Å²) in [5.74, 6) is -0.106. The number of hydrogen-bond acceptors (Lipinski definition) is 5. The first-order chi connectivity index (χ1) is 12.3. The van der Waals surface area contributed by atoms with Crippen LogP contribution in [0.1, 0.15) is 16.1 Å². The summed E-state index contributed by atoms with van der Waals surface area (Å²) in [6.45, 7) is 0. The van der Waals surface area contributed by atoms with Gasteiger partial charge in [-0.15, -0.1) is 10.2 Å². The first kappa shape index (κ1) is 17.7. The minimum absolute atomic E-state index is 0.0307. The zero-order valence-electron chi connectivity index (χ0n) is 12.8. The normalized spacial score (nSPS) is 11.2. The van der Waals surface area contributed by atoms with Gasteiger partial charge >= 0.3 is 6.18 Å². The highest BCUT2D eigenvalue weighted by Crippen LogP contribution is 2.34. The lowest BCUT2D eigenvalue weighted by molar-refractivity contribution is -0.137. The molecule has 0 aliphatic rings. The number of benzene rings is 1. The molecule has 26 heavy (non-hydrogen) atoms. The molecule has 0 atom stereocenters. The summed E-state index contributed by atoms with van der Waals surface area (Å²) < 4.78 is 43.3. The lowest BCUT2D eigenvalue weighted by atomic mass is 10.2. The Kier molecular flexibility index (Phi) is 4.81. The molecule has 0 radical (unpaired) electrons. The van der Waals surface area contributed by atoms with Crippen LogP contribution in [0.15, 0.2) is 53.1 Å². The fourth-order valence-corrected chi connectivity index (χ4v) is 2.15. The molecule has 0 aliphatic carbocycles. The van der Waals surface area contributed by atoms with E-state index in [1.54, 1.807) is 6.07 Å². The minimum atomic E-state index is -4.49. The summed E-state index contributed by atoms with van der Waals surface area (Å²) in [6.07, 6.45) is -3.14. The third-order valence-corrected chi connectivity index (χ3v) is 3.54. The van der Waals surface area contributed by atoms with E-state index in [0.29, 0.717) is 0 Å². The summed E-state index contributed by atoms with van der Waals surface area (Å²) in [5.41, 5.74) is -0.817. The van der Waals surface area contributed by atoms with Crippen molar-refractivity contribution in [2.75, 3.05) is 10.6 Å². The van der Waals surface area contributed by atoms with Crippen molar-refractivity contribution in [2.45, 2.75) is 6.18 Å². The number of amides is 1. The summed E-state index contributed by atoms with van der Waals surface area (Å²) in [7, 11) is 0. The van der Waals surface area contributed by atoms with E-state index in [9.17, 15) is 18.0 Å². The number of nitrogens with zero attached hydrogens (tertiary/aromatic N) is 2. The molecule has 0 saturated carbocycles. The average molecular weight is 383 g/mol. The highest BCUT2D eigenvalue weighted by molar-refractivity contribution is 6.33. The van der Waals surface area contributed by atoms with Gasteiger partial charge in [-0.1, -0.05) is 11.6 Å². The molecule has 0 saturated heterocycles. The van der Waals surface area contributed by atoms with Gasteiger partial charge in [-0.3, -0.25) is 4.79 Å². The maximum absolute atomic E-state index is 12.8. The number of anilines is 3. The van der Waals surface area contributed by atoms with Gasteiger partial charge in [-0.05, 0) is 42.5 Å². The Morgan fingerprint density at radius 1 is 1.08 bits per heavy atom. The first-order valence-corrected chi connectivity index (χ1v) is 7.53. The van der Waals surface area contributed by atoms with Crippen LogP contribution in [0.2, 0.25) is 5.02 Å². The smallest absolute Gasteiger partial charge is 0.416 e. The Morgan fingerprint density at radius 2 is 1.81 bits per heavy atom. The maximum atomic E-state index is 12.8. The molecule has 0 fully saturated rings. The lowest BCUT2D eigenvalue weighted by Crippen LogP contribution is -2.12. The van der Waals surface area contributed by atoms with Gasteiger partial charge in [0.05, 0.1) is 22.5 Å². The third kappa shape index (κ3) is 4.12. The monoisotopic (exact) mass is 382 g/mol. The number of aromatic nitrogens is 2. The second kappa shape index (κ2) is 7.04. The molecule has 0 aliphatic heterocycles. The first-order valence-electron chi connectivity index (χ1n) is 7.15. The molecule has 6 nitrogen and oxygen atoms in total. The van der Waals surface area contributed by atoms with Crippen molar-refractivity contribution in [3.63, 3.8) is 0 Å². The van der Waals surface area contributed by atoms with Gasteiger partial charge in [0.15, 0.2) is 17.4 Å². The summed E-state index contributed by atoms with van der Waals surface area (Å²) >= 11 is 5.91. The predicted octanol–water partition coefficient (Wildman–Crippen LogP) is 4.74. The largest absolute Gasteiger partial charge is 0.459 e. The molecule has 2 aromatic heterocycles. The standard InChI is InChI=1S/C16H10ClF3N4O2/c17-10-4-3-9(16(18,19)20)8-11(10)21-13-5-6-14(24-23-13)22-15(25)12-2-1-7-26-12/h1-8H,(H,21,23)(H,22,24,25). The van der Waals surface area contributed by atoms with E-state index in [4.69, 9.17) is 16.0 Å². The molecule has 134 valence electrons. The Hall–Kier alpha value is -3.07. The Labute approximate surface area is 150 Å². The SMILES string of the molecule is O=C(Nc1ccc(Nc2cc(C(F)(F)F)ccc2Cl)nn1)c1ccco1. The molecular weight excluding hydrogens is 373 g/mol. The highest BCUT2D eigenvalue weighted by Gasteiger charge is 2.31. The number of carbonyl (C=O) groups is 1. The summed E-state index contributed by atoms with van der Waals surface area (Å²) in [4.78, 5) is 11.8. The van der Waals surface area contributed by atoms with Crippen LogP contribution in [0, 0.1) is 0 Å². The van der Waals surface area contributed by atoms with E-state index in [-0.39, 0.29) is 28.1 Å². The molecule has 1 aromatic carbocycles. The summed E-state index contributed by atoms with van der Waals surface area (Å²) in [6, 6.07) is 8.79. The number of rotatable bonds is 4. The van der Waals surface area contributed by atoms with Crippen LogP contribution in [0.25, 0.3) is 0 Å². The topological polar surface area (TPSA) is 80.0 Å². The van der Waals surface area contributed by atoms with Crippen molar-refractivity contribution >= 4 is 34.8 Å². The number of halogens is 4. The number of carbonyl (C=O) groups excluding carboxylic acids is 1. The summed E-state index contributed by atoms with van der Waals surface area (Å²) in [5, 5.41) is 12.8. The Balaban J connectivity index is 1.73. The van der Waals surface area contributed by atoms with Gasteiger partial charge in [0.25, 0.3) is 5.91 Å². The van der Waals surface area contributed by atoms with Crippen molar-refractivity contribution < 1.29 is 22.4 Å². The zero-order valence-corrected chi connectivity index (χ0v) is 13.6. The Morgan fingerprint density at radius 3 is 2.42 bits per heavy atom. The van der Waals surface area contributed by atoms with Gasteiger partial charge in [-0.2, -0.15) is 13.2 Å². The molecule has 0 unspecified atom stereocenters. The van der Waals surface area contributed by atoms with E-state index >= 15 is 0 Å². The van der Waals surface area contributed by atoms with Crippen LogP contribution < -0.4 is 10.6 Å². The van der Waals surface area contributed by atoms with E-state index in [2.05, 4.69) is 20.8 Å². The predicted molar refractivity (Wildman–Crippen MR) is 88.4 cm³/mol. The Bertz CT molecular complexity index is 912. The second-order valence-electron chi connectivity index (χ2n) is 5.05. The number of alkyl halides is 3. The van der Waals surface area contributed by atoms with Crippen molar-refractivity contribution in [3.8, 4) is 0 Å². The average Bonchev–Trinajstić information content (AvgIpc) is 3.12. The van der Waals surface area contributed by atoms with E-state index in [1.807, 2.05) is 0 Å². The molecule has 3 rings (SSSR count). The minimum Gasteiger partial charge on any atom is -0.459 e. The van der Waals surface area contributed by atoms with Crippen LogP contribution in [-0.2, 0) is 6.18 Å². The molecule has 1 amide bonds. The van der Waals surface area contributed by atoms with Gasteiger partial charge in [0.2, 0.25) is 0 Å². The van der Waals surface area contributed by atoms with Crippen molar-refractivity contribution in [3.05, 3.63) is 65.1 Å². The van der Waals surface area contributed by atoms with Gasteiger partial charge in [0, 0.05) is 0 Å².